The standard InChI is InChI=1S/C12H15N5O/c13-10-3-5-11(6-4-10)16-12(18)2-1-7-17-9-14-8-15-17/h3-6,8-9H,1-2,7,13H2,(H,16,18). The second-order valence-electron chi connectivity index (χ2n) is 3.93. The van der Waals surface area contributed by atoms with Crippen LogP contribution in [0.3, 0.4) is 0 Å². The van der Waals surface area contributed by atoms with Gasteiger partial charge < -0.3 is 11.1 Å². The highest BCUT2D eigenvalue weighted by molar-refractivity contribution is 5.90. The molecule has 6 nitrogen and oxygen atoms in total. The van der Waals surface area contributed by atoms with Crippen LogP contribution in [0.25, 0.3) is 0 Å². The number of nitrogen functional groups attached to an aromatic ring is 1. The van der Waals surface area contributed by atoms with Crippen LogP contribution in [-0.4, -0.2) is 20.7 Å². The number of hydrogen-bond donors (Lipinski definition) is 2. The zero-order chi connectivity index (χ0) is 12.8. The molecule has 1 aromatic carbocycles. The van der Waals surface area contributed by atoms with Crippen molar-refractivity contribution in [1.82, 2.24) is 14.8 Å². The maximum Gasteiger partial charge on any atom is 0.224 e. The predicted octanol–water partition coefficient (Wildman–Crippen LogP) is 1.28. The van der Waals surface area contributed by atoms with Crippen molar-refractivity contribution in [3.63, 3.8) is 0 Å². The lowest BCUT2D eigenvalue weighted by Gasteiger charge is -2.05. The molecule has 2 rings (SSSR count). The van der Waals surface area contributed by atoms with Crippen molar-refractivity contribution in [2.45, 2.75) is 19.4 Å². The van der Waals surface area contributed by atoms with Crippen LogP contribution in [0.4, 0.5) is 11.4 Å². The van der Waals surface area contributed by atoms with Crippen LogP contribution in [0.2, 0.25) is 0 Å². The minimum absolute atomic E-state index is 0.0140. The summed E-state index contributed by atoms with van der Waals surface area (Å²) in [7, 11) is 0. The van der Waals surface area contributed by atoms with Gasteiger partial charge in [0.05, 0.1) is 0 Å². The molecule has 0 spiro atoms. The molecule has 0 atom stereocenters. The molecule has 0 radical (unpaired) electrons. The molecule has 0 unspecified atom stereocenters. The van der Waals surface area contributed by atoms with Gasteiger partial charge in [-0.3, -0.25) is 9.48 Å². The lowest BCUT2D eigenvalue weighted by atomic mass is 10.2. The van der Waals surface area contributed by atoms with Gasteiger partial charge in [0.2, 0.25) is 5.91 Å². The van der Waals surface area contributed by atoms with E-state index in [2.05, 4.69) is 15.4 Å². The number of nitrogens with two attached hydrogens (primary N) is 1. The first-order valence-corrected chi connectivity index (χ1v) is 5.72. The van der Waals surface area contributed by atoms with Crippen molar-refractivity contribution >= 4 is 17.3 Å². The number of aromatic nitrogens is 3. The molecule has 0 bridgehead atoms. The lowest BCUT2D eigenvalue weighted by Crippen LogP contribution is -2.12. The molecule has 1 aromatic heterocycles. The molecule has 0 aliphatic carbocycles. The Labute approximate surface area is 105 Å². The lowest BCUT2D eigenvalue weighted by molar-refractivity contribution is -0.116. The Morgan fingerprint density at radius 2 is 2.11 bits per heavy atom. The smallest absolute Gasteiger partial charge is 0.224 e. The van der Waals surface area contributed by atoms with Crippen molar-refractivity contribution in [1.29, 1.82) is 0 Å². The highest BCUT2D eigenvalue weighted by Gasteiger charge is 2.02. The van der Waals surface area contributed by atoms with Gasteiger partial charge in [-0.2, -0.15) is 5.10 Å². The van der Waals surface area contributed by atoms with Crippen molar-refractivity contribution in [3.8, 4) is 0 Å². The van der Waals surface area contributed by atoms with Crippen LogP contribution in [0.15, 0.2) is 36.9 Å². The monoisotopic (exact) mass is 245 g/mol. The number of benzene rings is 1. The molecule has 0 saturated carbocycles. The van der Waals surface area contributed by atoms with Crippen LogP contribution >= 0.6 is 0 Å². The van der Waals surface area contributed by atoms with E-state index < -0.39 is 0 Å². The number of aryl methyl sites for hydroxylation is 1. The molecular formula is C12H15N5O. The molecule has 3 N–H and O–H groups in total. The molecule has 0 aliphatic rings. The van der Waals surface area contributed by atoms with E-state index in [0.717, 1.165) is 12.1 Å². The largest absolute Gasteiger partial charge is 0.399 e. The van der Waals surface area contributed by atoms with E-state index in [1.54, 1.807) is 35.3 Å². The Kier molecular flexibility index (Phi) is 3.90. The molecule has 6 heteroatoms. The Morgan fingerprint density at radius 1 is 1.33 bits per heavy atom. The van der Waals surface area contributed by atoms with Crippen LogP contribution in [-0.2, 0) is 11.3 Å². The third-order valence-electron chi connectivity index (χ3n) is 2.45. The number of hydrogen-bond acceptors (Lipinski definition) is 4. The van der Waals surface area contributed by atoms with E-state index in [-0.39, 0.29) is 5.91 Å². The summed E-state index contributed by atoms with van der Waals surface area (Å²) in [5.74, 6) is -0.0140. The van der Waals surface area contributed by atoms with E-state index in [1.807, 2.05) is 0 Å². The second-order valence-corrected chi connectivity index (χ2v) is 3.93. The number of anilines is 2. The summed E-state index contributed by atoms with van der Waals surface area (Å²) in [5.41, 5.74) is 7.00. The molecule has 0 fully saturated rings. The Bertz CT molecular complexity index is 492. The number of carbonyl (C=O) groups excluding carboxylic acids is 1. The van der Waals surface area contributed by atoms with Gasteiger partial charge in [-0.25, -0.2) is 4.98 Å². The van der Waals surface area contributed by atoms with Crippen LogP contribution in [0.1, 0.15) is 12.8 Å². The number of nitrogens with zero attached hydrogens (tertiary/aromatic N) is 3. The number of rotatable bonds is 5. The first-order chi connectivity index (χ1) is 8.74. The molecule has 1 heterocycles. The Morgan fingerprint density at radius 3 is 2.78 bits per heavy atom. The summed E-state index contributed by atoms with van der Waals surface area (Å²) in [6.45, 7) is 0.690. The first-order valence-electron chi connectivity index (χ1n) is 5.72. The Hall–Kier alpha value is -2.37. The Balaban J connectivity index is 1.73. The fourth-order valence-corrected chi connectivity index (χ4v) is 1.54. The fraction of sp³-hybridized carbons (Fsp3) is 0.250. The molecule has 18 heavy (non-hydrogen) atoms. The maximum absolute atomic E-state index is 11.6. The van der Waals surface area contributed by atoms with Crippen LogP contribution < -0.4 is 11.1 Å². The minimum atomic E-state index is -0.0140. The zero-order valence-corrected chi connectivity index (χ0v) is 9.91. The van der Waals surface area contributed by atoms with Gasteiger partial charge in [0, 0.05) is 24.3 Å². The molecule has 0 aliphatic heterocycles. The van der Waals surface area contributed by atoms with Crippen molar-refractivity contribution in [2.24, 2.45) is 0 Å². The summed E-state index contributed by atoms with van der Waals surface area (Å²) < 4.78 is 1.70. The van der Waals surface area contributed by atoms with Gasteiger partial charge in [-0.1, -0.05) is 0 Å². The zero-order valence-electron chi connectivity index (χ0n) is 9.91. The minimum Gasteiger partial charge on any atom is -0.399 e. The van der Waals surface area contributed by atoms with E-state index in [9.17, 15) is 4.79 Å². The van der Waals surface area contributed by atoms with E-state index in [1.165, 1.54) is 6.33 Å². The topological polar surface area (TPSA) is 85.8 Å². The first kappa shape index (κ1) is 12.1. The fourth-order valence-electron chi connectivity index (χ4n) is 1.54. The summed E-state index contributed by atoms with van der Waals surface area (Å²) in [6, 6.07) is 7.07. The molecule has 1 amide bonds. The van der Waals surface area contributed by atoms with E-state index in [0.29, 0.717) is 18.7 Å². The summed E-state index contributed by atoms with van der Waals surface area (Å²) in [5, 5.41) is 6.78. The highest BCUT2D eigenvalue weighted by Crippen LogP contribution is 2.11. The van der Waals surface area contributed by atoms with Gasteiger partial charge in [0.25, 0.3) is 0 Å². The number of amides is 1. The third kappa shape index (κ3) is 3.58. The second kappa shape index (κ2) is 5.81. The van der Waals surface area contributed by atoms with Crippen LogP contribution in [0, 0.1) is 0 Å². The van der Waals surface area contributed by atoms with Crippen molar-refractivity contribution in [2.75, 3.05) is 11.1 Å². The molecule has 0 saturated heterocycles. The van der Waals surface area contributed by atoms with Gasteiger partial charge in [-0.05, 0) is 30.7 Å². The van der Waals surface area contributed by atoms with Gasteiger partial charge in [0.1, 0.15) is 12.7 Å². The van der Waals surface area contributed by atoms with Gasteiger partial charge in [0.15, 0.2) is 0 Å². The predicted molar refractivity (Wildman–Crippen MR) is 68.7 cm³/mol. The van der Waals surface area contributed by atoms with E-state index in [4.69, 9.17) is 5.73 Å². The molecular weight excluding hydrogens is 230 g/mol. The number of nitrogens with one attached hydrogen (secondary N) is 1. The summed E-state index contributed by atoms with van der Waals surface area (Å²) >= 11 is 0. The summed E-state index contributed by atoms with van der Waals surface area (Å²) in [6.07, 6.45) is 4.29. The normalized spacial score (nSPS) is 10.2. The van der Waals surface area contributed by atoms with Gasteiger partial charge in [-0.15, -0.1) is 0 Å². The quantitative estimate of drug-likeness (QED) is 0.777. The number of carbonyl (C=O) groups is 1. The molecule has 2 aromatic rings. The molecule has 94 valence electrons. The SMILES string of the molecule is Nc1ccc(NC(=O)CCCn2cncn2)cc1. The average Bonchev–Trinajstić information content (AvgIpc) is 2.85. The van der Waals surface area contributed by atoms with Crippen LogP contribution in [0.5, 0.6) is 0 Å². The van der Waals surface area contributed by atoms with Gasteiger partial charge >= 0.3 is 0 Å². The maximum atomic E-state index is 11.6. The third-order valence-corrected chi connectivity index (χ3v) is 2.45. The van der Waals surface area contributed by atoms with Crippen molar-refractivity contribution < 1.29 is 4.79 Å². The summed E-state index contributed by atoms with van der Waals surface area (Å²) in [4.78, 5) is 15.5. The van der Waals surface area contributed by atoms with E-state index >= 15 is 0 Å². The highest BCUT2D eigenvalue weighted by atomic mass is 16.1. The van der Waals surface area contributed by atoms with Crippen molar-refractivity contribution in [3.05, 3.63) is 36.9 Å². The average molecular weight is 245 g/mol.